The van der Waals surface area contributed by atoms with Gasteiger partial charge in [-0.3, -0.25) is 9.59 Å². The molecule has 1 spiro atoms. The third kappa shape index (κ3) is 2.93. The van der Waals surface area contributed by atoms with Crippen LogP contribution >= 0.6 is 0 Å². The van der Waals surface area contributed by atoms with E-state index in [4.69, 9.17) is 9.47 Å². The standard InChI is InChI=1S/C25H34O7/c1-13-6-7-20-23(3,4)22(31-14(2)28)18(29)10-24(20,5)25(13)9-16-19(32-25)8-15(11-26)17(12-27)21(16)30/h8,12-13,18,20,22,26,29-30H,6-7,9-11H2,1-5H3/t13-,18-,20+,22+,24+,25-/m1/s1. The van der Waals surface area contributed by atoms with Crippen molar-refractivity contribution in [1.82, 2.24) is 0 Å². The molecule has 4 rings (SSSR count). The average molecular weight is 447 g/mol. The molecule has 1 aromatic rings. The Labute approximate surface area is 188 Å². The van der Waals surface area contributed by atoms with Crippen LogP contribution in [0.1, 0.15) is 75.4 Å². The lowest BCUT2D eigenvalue weighted by molar-refractivity contribution is -0.246. The first-order chi connectivity index (χ1) is 14.9. The number of aliphatic hydroxyl groups is 2. The summed E-state index contributed by atoms with van der Waals surface area (Å²) in [5, 5.41) is 31.7. The van der Waals surface area contributed by atoms with Gasteiger partial charge in [-0.25, -0.2) is 0 Å². The number of phenols is 1. The molecule has 0 bridgehead atoms. The molecule has 6 atom stereocenters. The Morgan fingerprint density at radius 3 is 2.59 bits per heavy atom. The number of aliphatic hydroxyl groups excluding tert-OH is 2. The summed E-state index contributed by atoms with van der Waals surface area (Å²) in [7, 11) is 0. The van der Waals surface area contributed by atoms with Gasteiger partial charge in [0.25, 0.3) is 0 Å². The predicted molar refractivity (Wildman–Crippen MR) is 116 cm³/mol. The molecule has 1 aromatic carbocycles. The van der Waals surface area contributed by atoms with Crippen molar-refractivity contribution in [1.29, 1.82) is 0 Å². The third-order valence-electron chi connectivity index (χ3n) is 8.84. The number of aldehydes is 1. The summed E-state index contributed by atoms with van der Waals surface area (Å²) in [6, 6.07) is 1.65. The highest BCUT2D eigenvalue weighted by molar-refractivity contribution is 5.84. The summed E-state index contributed by atoms with van der Waals surface area (Å²) >= 11 is 0. The van der Waals surface area contributed by atoms with Gasteiger partial charge >= 0.3 is 5.97 Å². The number of benzene rings is 1. The van der Waals surface area contributed by atoms with Gasteiger partial charge in [-0.1, -0.05) is 27.7 Å². The molecule has 32 heavy (non-hydrogen) atoms. The Hall–Kier alpha value is -2.12. The van der Waals surface area contributed by atoms with Crippen molar-refractivity contribution in [3.8, 4) is 11.5 Å². The van der Waals surface area contributed by atoms with Gasteiger partial charge in [0, 0.05) is 29.7 Å². The Morgan fingerprint density at radius 2 is 2.00 bits per heavy atom. The monoisotopic (exact) mass is 446 g/mol. The first kappa shape index (κ1) is 23.1. The van der Waals surface area contributed by atoms with Crippen LogP contribution in [0.15, 0.2) is 6.07 Å². The van der Waals surface area contributed by atoms with Crippen molar-refractivity contribution in [2.75, 3.05) is 0 Å². The fourth-order valence-corrected chi connectivity index (χ4v) is 7.35. The molecule has 3 aliphatic rings. The van der Waals surface area contributed by atoms with Crippen LogP contribution < -0.4 is 4.74 Å². The molecule has 1 aliphatic heterocycles. The van der Waals surface area contributed by atoms with Crippen molar-refractivity contribution in [3.63, 3.8) is 0 Å². The number of esters is 1. The lowest BCUT2D eigenvalue weighted by atomic mass is 9.43. The molecule has 0 aromatic heterocycles. The van der Waals surface area contributed by atoms with Gasteiger partial charge in [0.1, 0.15) is 23.2 Å². The van der Waals surface area contributed by atoms with E-state index in [0.29, 0.717) is 36.0 Å². The second-order valence-corrected chi connectivity index (χ2v) is 10.8. The molecule has 2 saturated carbocycles. The number of hydrogen-bond donors (Lipinski definition) is 3. The summed E-state index contributed by atoms with van der Waals surface area (Å²) in [6.07, 6.45) is 1.71. The highest BCUT2D eigenvalue weighted by Crippen LogP contribution is 2.67. The molecule has 0 radical (unpaired) electrons. The normalized spacial score (nSPS) is 37.3. The Bertz CT molecular complexity index is 954. The SMILES string of the molecule is CC(=O)O[C@H]1[C@H](O)C[C@@]2(C)[C@@H](CC[C@@H](C)[C@]23Cc2c(cc(CO)c(C=O)c2O)O3)C1(C)C. The minimum Gasteiger partial charge on any atom is -0.507 e. The lowest BCUT2D eigenvalue weighted by Crippen LogP contribution is -2.69. The van der Waals surface area contributed by atoms with Crippen molar-refractivity contribution in [2.24, 2.45) is 22.7 Å². The lowest BCUT2D eigenvalue weighted by Gasteiger charge is -2.65. The zero-order valence-corrected chi connectivity index (χ0v) is 19.5. The second kappa shape index (κ2) is 7.45. The fourth-order valence-electron chi connectivity index (χ4n) is 7.35. The quantitative estimate of drug-likeness (QED) is 0.483. The Kier molecular flexibility index (Phi) is 5.37. The van der Waals surface area contributed by atoms with Crippen LogP contribution in [-0.4, -0.2) is 45.4 Å². The molecule has 3 N–H and O–H groups in total. The zero-order valence-electron chi connectivity index (χ0n) is 19.5. The molecule has 7 nitrogen and oxygen atoms in total. The minimum atomic E-state index is -0.850. The van der Waals surface area contributed by atoms with Gasteiger partial charge in [-0.2, -0.15) is 0 Å². The van der Waals surface area contributed by atoms with Crippen LogP contribution in [0.25, 0.3) is 0 Å². The summed E-state index contributed by atoms with van der Waals surface area (Å²) in [5.41, 5.74) is -0.670. The Morgan fingerprint density at radius 1 is 1.31 bits per heavy atom. The van der Waals surface area contributed by atoms with Gasteiger partial charge in [-0.15, -0.1) is 0 Å². The average Bonchev–Trinajstić information content (AvgIpc) is 3.11. The number of rotatable bonds is 3. The number of aromatic hydroxyl groups is 1. The molecule has 7 heteroatoms. The highest BCUT2D eigenvalue weighted by Gasteiger charge is 2.69. The van der Waals surface area contributed by atoms with E-state index in [-0.39, 0.29) is 29.8 Å². The van der Waals surface area contributed by atoms with Crippen LogP contribution in [0.3, 0.4) is 0 Å². The number of hydrogen-bond acceptors (Lipinski definition) is 7. The van der Waals surface area contributed by atoms with Crippen LogP contribution in [0, 0.1) is 22.7 Å². The summed E-state index contributed by atoms with van der Waals surface area (Å²) in [6.45, 7) is 9.35. The fraction of sp³-hybridized carbons (Fsp3) is 0.680. The summed E-state index contributed by atoms with van der Waals surface area (Å²) in [4.78, 5) is 23.4. The number of carbonyl (C=O) groups is 2. The van der Waals surface area contributed by atoms with E-state index >= 15 is 0 Å². The maximum Gasteiger partial charge on any atom is 0.303 e. The predicted octanol–water partition coefficient (Wildman–Crippen LogP) is 3.15. The van der Waals surface area contributed by atoms with Gasteiger partial charge in [0.05, 0.1) is 18.3 Å². The molecule has 0 unspecified atom stereocenters. The zero-order chi connectivity index (χ0) is 23.6. The first-order valence-corrected chi connectivity index (χ1v) is 11.4. The van der Waals surface area contributed by atoms with Crippen molar-refractivity contribution >= 4 is 12.3 Å². The minimum absolute atomic E-state index is 0.0935. The molecular formula is C25H34O7. The van der Waals surface area contributed by atoms with Crippen molar-refractivity contribution < 1.29 is 34.4 Å². The van der Waals surface area contributed by atoms with Crippen molar-refractivity contribution in [2.45, 2.75) is 84.7 Å². The van der Waals surface area contributed by atoms with E-state index < -0.39 is 34.6 Å². The number of fused-ring (bicyclic) bond motifs is 3. The number of ether oxygens (including phenoxy) is 2. The van der Waals surface area contributed by atoms with E-state index in [1.54, 1.807) is 6.07 Å². The molecular weight excluding hydrogens is 412 g/mol. The summed E-state index contributed by atoms with van der Waals surface area (Å²) < 4.78 is 12.3. The number of carbonyl (C=O) groups excluding carboxylic acids is 2. The molecule has 1 heterocycles. The topological polar surface area (TPSA) is 113 Å². The van der Waals surface area contributed by atoms with Crippen LogP contribution in [0.2, 0.25) is 0 Å². The van der Waals surface area contributed by atoms with Gasteiger partial charge in [0.2, 0.25) is 0 Å². The van der Waals surface area contributed by atoms with Crippen LogP contribution in [0.4, 0.5) is 0 Å². The Balaban J connectivity index is 1.82. The van der Waals surface area contributed by atoms with E-state index in [2.05, 4.69) is 13.8 Å². The molecule has 2 aliphatic carbocycles. The molecule has 0 saturated heterocycles. The van der Waals surface area contributed by atoms with E-state index in [9.17, 15) is 24.9 Å². The third-order valence-corrected chi connectivity index (χ3v) is 8.84. The van der Waals surface area contributed by atoms with E-state index in [0.717, 1.165) is 12.8 Å². The number of phenolic OH excluding ortho intramolecular Hbond substituents is 1. The van der Waals surface area contributed by atoms with Crippen LogP contribution in [0.5, 0.6) is 11.5 Å². The van der Waals surface area contributed by atoms with Gasteiger partial charge < -0.3 is 24.8 Å². The first-order valence-electron chi connectivity index (χ1n) is 11.4. The largest absolute Gasteiger partial charge is 0.507 e. The van der Waals surface area contributed by atoms with Crippen LogP contribution in [-0.2, 0) is 22.6 Å². The van der Waals surface area contributed by atoms with E-state index in [1.807, 2.05) is 13.8 Å². The molecule has 0 amide bonds. The maximum absolute atomic E-state index is 11.8. The molecule has 2 fully saturated rings. The van der Waals surface area contributed by atoms with E-state index in [1.165, 1.54) is 6.92 Å². The highest BCUT2D eigenvalue weighted by atomic mass is 16.6. The smallest absolute Gasteiger partial charge is 0.303 e. The maximum atomic E-state index is 11.8. The second-order valence-electron chi connectivity index (χ2n) is 10.8. The van der Waals surface area contributed by atoms with Gasteiger partial charge in [0.15, 0.2) is 6.29 Å². The van der Waals surface area contributed by atoms with Crippen molar-refractivity contribution in [3.05, 3.63) is 22.8 Å². The van der Waals surface area contributed by atoms with Gasteiger partial charge in [-0.05, 0) is 42.7 Å². The molecule has 176 valence electrons. The summed E-state index contributed by atoms with van der Waals surface area (Å²) in [5.74, 6) is 0.168.